The van der Waals surface area contributed by atoms with Crippen LogP contribution >= 0.6 is 0 Å². The third-order valence-corrected chi connectivity index (χ3v) is 5.42. The molecule has 0 N–H and O–H groups in total. The quantitative estimate of drug-likeness (QED) is 0.493. The summed E-state index contributed by atoms with van der Waals surface area (Å²) in [5.41, 5.74) is 1.73. The van der Waals surface area contributed by atoms with E-state index in [-0.39, 0.29) is 24.5 Å². The Labute approximate surface area is 169 Å². The van der Waals surface area contributed by atoms with E-state index >= 15 is 0 Å². The fourth-order valence-corrected chi connectivity index (χ4v) is 3.75. The first-order valence-corrected chi connectivity index (χ1v) is 9.79. The number of allylic oxidation sites excluding steroid dienone is 2. The summed E-state index contributed by atoms with van der Waals surface area (Å²) in [6.45, 7) is 0.247. The van der Waals surface area contributed by atoms with Gasteiger partial charge in [-0.3, -0.25) is 0 Å². The molecule has 146 valence electrons. The van der Waals surface area contributed by atoms with E-state index < -0.39 is 0 Å². The van der Waals surface area contributed by atoms with Crippen LogP contribution < -0.4 is 14.2 Å². The molecule has 3 aromatic rings. The summed E-state index contributed by atoms with van der Waals surface area (Å²) in [6.07, 6.45) is 3.90. The Morgan fingerprint density at radius 3 is 2.52 bits per heavy atom. The standard InChI is InChI=1S/C25H21FO3/c26-20(13-18-5-4-8-22(14-18)29-21-6-2-1-3-7-21)16-25(11-12-25)19-9-10-23-24(15-19)28-17-27-23/h1-10,14-16H,11-13,17H2/b20-16+. The molecule has 0 amide bonds. The van der Waals surface area contributed by atoms with E-state index in [1.807, 2.05) is 72.8 Å². The van der Waals surface area contributed by atoms with Gasteiger partial charge in [0.1, 0.15) is 17.3 Å². The van der Waals surface area contributed by atoms with Crippen LogP contribution in [0.2, 0.25) is 0 Å². The van der Waals surface area contributed by atoms with Crippen LogP contribution in [-0.2, 0) is 11.8 Å². The Morgan fingerprint density at radius 1 is 0.897 bits per heavy atom. The highest BCUT2D eigenvalue weighted by molar-refractivity contribution is 5.50. The minimum absolute atomic E-state index is 0.128. The predicted octanol–water partition coefficient (Wildman–Crippen LogP) is 6.34. The molecule has 0 atom stereocenters. The minimum Gasteiger partial charge on any atom is -0.457 e. The molecular weight excluding hydrogens is 367 g/mol. The Bertz CT molecular complexity index is 1050. The van der Waals surface area contributed by atoms with E-state index in [4.69, 9.17) is 14.2 Å². The summed E-state index contributed by atoms with van der Waals surface area (Å²) in [5, 5.41) is 0. The van der Waals surface area contributed by atoms with Gasteiger partial charge in [-0.1, -0.05) is 36.4 Å². The van der Waals surface area contributed by atoms with E-state index in [1.165, 1.54) is 0 Å². The highest BCUT2D eigenvalue weighted by Gasteiger charge is 2.43. The number of benzene rings is 3. The average molecular weight is 388 g/mol. The van der Waals surface area contributed by atoms with Gasteiger partial charge in [-0.25, -0.2) is 4.39 Å². The lowest BCUT2D eigenvalue weighted by Gasteiger charge is -2.12. The Balaban J connectivity index is 1.32. The van der Waals surface area contributed by atoms with E-state index in [2.05, 4.69) is 0 Å². The average Bonchev–Trinajstić information content (AvgIpc) is 3.34. The van der Waals surface area contributed by atoms with Crippen molar-refractivity contribution in [1.29, 1.82) is 0 Å². The second kappa shape index (κ2) is 7.28. The zero-order valence-electron chi connectivity index (χ0n) is 15.9. The molecule has 0 bridgehead atoms. The fraction of sp³-hybridized carbons (Fsp3) is 0.200. The van der Waals surface area contributed by atoms with Crippen molar-refractivity contribution in [3.05, 3.63) is 95.8 Å². The van der Waals surface area contributed by atoms with Crippen LogP contribution in [-0.4, -0.2) is 6.79 Å². The summed E-state index contributed by atoms with van der Waals surface area (Å²) in [7, 11) is 0. The molecule has 0 aromatic heterocycles. The number of hydrogen-bond acceptors (Lipinski definition) is 3. The van der Waals surface area contributed by atoms with E-state index in [1.54, 1.807) is 6.08 Å². The molecule has 1 aliphatic heterocycles. The lowest BCUT2D eigenvalue weighted by Crippen LogP contribution is -2.04. The molecule has 5 rings (SSSR count). The SMILES string of the molecule is F/C(=C/C1(c2ccc3c(c2)OCO3)CC1)Cc1cccc(Oc2ccccc2)c1. The maximum absolute atomic E-state index is 14.9. The molecule has 1 saturated carbocycles. The Morgan fingerprint density at radius 2 is 1.69 bits per heavy atom. The summed E-state index contributed by atoms with van der Waals surface area (Å²) >= 11 is 0. The largest absolute Gasteiger partial charge is 0.457 e. The van der Waals surface area contributed by atoms with Crippen molar-refractivity contribution < 1.29 is 18.6 Å². The van der Waals surface area contributed by atoms with E-state index in [0.29, 0.717) is 5.75 Å². The molecule has 0 unspecified atom stereocenters. The summed E-state index contributed by atoms with van der Waals surface area (Å²) in [5.74, 6) is 2.84. The normalized spacial score (nSPS) is 16.5. The minimum atomic E-state index is -0.233. The van der Waals surface area contributed by atoms with Crippen LogP contribution in [0.15, 0.2) is 84.7 Å². The Hall–Kier alpha value is -3.27. The maximum atomic E-state index is 14.9. The number of halogens is 1. The third kappa shape index (κ3) is 3.83. The fourth-order valence-electron chi connectivity index (χ4n) is 3.75. The summed E-state index contributed by atoms with van der Waals surface area (Å²) < 4.78 is 31.6. The van der Waals surface area contributed by atoms with Gasteiger partial charge in [0.15, 0.2) is 11.5 Å². The first-order valence-electron chi connectivity index (χ1n) is 9.79. The van der Waals surface area contributed by atoms with E-state index in [9.17, 15) is 4.39 Å². The second-order valence-corrected chi connectivity index (χ2v) is 7.55. The molecule has 2 aliphatic rings. The first-order chi connectivity index (χ1) is 14.2. The summed E-state index contributed by atoms with van der Waals surface area (Å²) in [4.78, 5) is 0. The van der Waals surface area contributed by atoms with Crippen LogP contribution in [0, 0.1) is 0 Å². The van der Waals surface area contributed by atoms with Gasteiger partial charge in [0.05, 0.1) is 0 Å². The highest BCUT2D eigenvalue weighted by Crippen LogP contribution is 2.52. The zero-order chi connectivity index (χ0) is 19.7. The number of para-hydroxylation sites is 1. The van der Waals surface area contributed by atoms with Crippen molar-refractivity contribution in [2.45, 2.75) is 24.7 Å². The van der Waals surface area contributed by atoms with Crippen LogP contribution in [0.5, 0.6) is 23.0 Å². The molecule has 0 saturated heterocycles. The molecule has 3 nitrogen and oxygen atoms in total. The molecule has 1 heterocycles. The molecule has 0 spiro atoms. The smallest absolute Gasteiger partial charge is 0.231 e. The number of rotatable bonds is 6. The zero-order valence-corrected chi connectivity index (χ0v) is 15.9. The molecule has 1 aliphatic carbocycles. The molecule has 4 heteroatoms. The van der Waals surface area contributed by atoms with Crippen LogP contribution in [0.3, 0.4) is 0 Å². The van der Waals surface area contributed by atoms with Gasteiger partial charge < -0.3 is 14.2 Å². The molecular formula is C25H21FO3. The Kier molecular flexibility index (Phi) is 4.47. The van der Waals surface area contributed by atoms with Crippen molar-refractivity contribution in [2.75, 3.05) is 6.79 Å². The predicted molar refractivity (Wildman–Crippen MR) is 109 cm³/mol. The van der Waals surface area contributed by atoms with Crippen molar-refractivity contribution in [3.63, 3.8) is 0 Å². The van der Waals surface area contributed by atoms with Gasteiger partial charge >= 0.3 is 0 Å². The molecule has 29 heavy (non-hydrogen) atoms. The topological polar surface area (TPSA) is 27.7 Å². The van der Waals surface area contributed by atoms with Crippen LogP contribution in [0.1, 0.15) is 24.0 Å². The van der Waals surface area contributed by atoms with Crippen molar-refractivity contribution in [1.82, 2.24) is 0 Å². The number of hydrogen-bond donors (Lipinski definition) is 0. The van der Waals surface area contributed by atoms with Gasteiger partial charge in [-0.2, -0.15) is 0 Å². The van der Waals surface area contributed by atoms with Crippen molar-refractivity contribution in [3.8, 4) is 23.0 Å². The lowest BCUT2D eigenvalue weighted by molar-refractivity contribution is 0.174. The first kappa shape index (κ1) is 17.8. The van der Waals surface area contributed by atoms with Gasteiger partial charge in [-0.05, 0) is 66.4 Å². The molecule has 3 aromatic carbocycles. The molecule has 0 radical (unpaired) electrons. The summed E-state index contributed by atoms with van der Waals surface area (Å²) in [6, 6.07) is 23.1. The second-order valence-electron chi connectivity index (χ2n) is 7.55. The van der Waals surface area contributed by atoms with Gasteiger partial charge in [0.2, 0.25) is 6.79 Å². The van der Waals surface area contributed by atoms with Crippen molar-refractivity contribution >= 4 is 0 Å². The van der Waals surface area contributed by atoms with Gasteiger partial charge in [0.25, 0.3) is 0 Å². The van der Waals surface area contributed by atoms with Gasteiger partial charge in [-0.15, -0.1) is 0 Å². The molecule has 1 fully saturated rings. The van der Waals surface area contributed by atoms with Gasteiger partial charge in [0, 0.05) is 11.8 Å². The van der Waals surface area contributed by atoms with E-state index in [0.717, 1.165) is 41.2 Å². The number of ether oxygens (including phenoxy) is 3. The monoisotopic (exact) mass is 388 g/mol. The van der Waals surface area contributed by atoms with Crippen LogP contribution in [0.25, 0.3) is 0 Å². The number of fused-ring (bicyclic) bond motifs is 1. The van der Waals surface area contributed by atoms with Crippen LogP contribution in [0.4, 0.5) is 4.39 Å². The lowest BCUT2D eigenvalue weighted by atomic mass is 9.94. The third-order valence-electron chi connectivity index (χ3n) is 5.42. The highest BCUT2D eigenvalue weighted by atomic mass is 19.1. The van der Waals surface area contributed by atoms with Crippen molar-refractivity contribution in [2.24, 2.45) is 0 Å². The maximum Gasteiger partial charge on any atom is 0.231 e.